The molecule has 0 atom stereocenters. The van der Waals surface area contributed by atoms with Crippen LogP contribution in [-0.4, -0.2) is 47.7 Å². The van der Waals surface area contributed by atoms with Gasteiger partial charge in [0, 0.05) is 11.8 Å². The molecule has 0 aliphatic carbocycles. The number of rotatable bonds is 9. The lowest BCUT2D eigenvalue weighted by Crippen LogP contribution is -2.32. The fraction of sp³-hybridized carbons (Fsp3) is 0.222. The molecule has 2 aromatic rings. The lowest BCUT2D eigenvalue weighted by molar-refractivity contribution is -0.146. The Hall–Kier alpha value is -3.11. The minimum atomic E-state index is -3.99. The summed E-state index contributed by atoms with van der Waals surface area (Å²) in [6, 6.07) is 12.6. The van der Waals surface area contributed by atoms with Crippen LogP contribution in [0.25, 0.3) is 0 Å². The van der Waals surface area contributed by atoms with E-state index in [0.29, 0.717) is 11.4 Å². The predicted molar refractivity (Wildman–Crippen MR) is 101 cm³/mol. The largest absolute Gasteiger partial charge is 0.493 e. The highest BCUT2D eigenvalue weighted by atomic mass is 32.2. The third kappa shape index (κ3) is 5.96. The molecule has 0 unspecified atom stereocenters. The number of hydrogen-bond donors (Lipinski definition) is 2. The van der Waals surface area contributed by atoms with Crippen molar-refractivity contribution in [3.63, 3.8) is 0 Å². The highest BCUT2D eigenvalue weighted by molar-refractivity contribution is 7.89. The maximum absolute atomic E-state index is 12.3. The van der Waals surface area contributed by atoms with Crippen molar-refractivity contribution in [3.8, 4) is 11.5 Å². The van der Waals surface area contributed by atoms with E-state index in [0.717, 1.165) is 0 Å². The van der Waals surface area contributed by atoms with Gasteiger partial charge in [-0.05, 0) is 24.3 Å². The smallest absolute Gasteiger partial charge is 0.321 e. The molecule has 0 aliphatic rings. The second-order valence-corrected chi connectivity index (χ2v) is 7.18. The Balaban J connectivity index is 1.86. The molecule has 2 aromatic carbocycles. The number of amides is 1. The molecular formula is C18H20N2O7S. The maximum Gasteiger partial charge on any atom is 0.321 e. The number of para-hydroxylation sites is 1. The highest BCUT2D eigenvalue weighted by Gasteiger charge is 2.19. The van der Waals surface area contributed by atoms with Crippen LogP contribution in [0.1, 0.15) is 0 Å². The van der Waals surface area contributed by atoms with E-state index < -0.39 is 35.1 Å². The number of ether oxygens (including phenoxy) is 3. The SMILES string of the molecule is COc1ccc(S(=O)(=O)NCC(=O)OCC(=O)Nc2ccccc2)cc1OC. The van der Waals surface area contributed by atoms with Crippen LogP contribution in [0.15, 0.2) is 53.4 Å². The van der Waals surface area contributed by atoms with Gasteiger partial charge in [-0.2, -0.15) is 4.72 Å². The number of anilines is 1. The molecule has 0 aromatic heterocycles. The maximum atomic E-state index is 12.3. The predicted octanol–water partition coefficient (Wildman–Crippen LogP) is 1.16. The molecule has 0 radical (unpaired) electrons. The van der Waals surface area contributed by atoms with E-state index in [9.17, 15) is 18.0 Å². The first-order valence-electron chi connectivity index (χ1n) is 8.08. The number of benzene rings is 2. The topological polar surface area (TPSA) is 120 Å². The molecular weight excluding hydrogens is 388 g/mol. The number of nitrogens with one attached hydrogen (secondary N) is 2. The van der Waals surface area contributed by atoms with Gasteiger partial charge in [-0.3, -0.25) is 9.59 Å². The van der Waals surface area contributed by atoms with E-state index in [2.05, 4.69) is 10.0 Å². The molecule has 150 valence electrons. The van der Waals surface area contributed by atoms with Crippen molar-refractivity contribution in [3.05, 3.63) is 48.5 Å². The Kier molecular flexibility index (Phi) is 7.36. The van der Waals surface area contributed by atoms with Gasteiger partial charge >= 0.3 is 5.97 Å². The van der Waals surface area contributed by atoms with Gasteiger partial charge in [0.1, 0.15) is 6.54 Å². The summed E-state index contributed by atoms with van der Waals surface area (Å²) < 4.78 is 41.6. The molecule has 0 bridgehead atoms. The van der Waals surface area contributed by atoms with Crippen LogP contribution in [0.4, 0.5) is 5.69 Å². The van der Waals surface area contributed by atoms with Crippen molar-refractivity contribution in [1.82, 2.24) is 4.72 Å². The Bertz CT molecular complexity index is 930. The molecule has 2 rings (SSSR count). The fourth-order valence-corrected chi connectivity index (χ4v) is 3.12. The first kappa shape index (κ1) is 21.2. The molecule has 9 nitrogen and oxygen atoms in total. The van der Waals surface area contributed by atoms with Crippen LogP contribution in [0.5, 0.6) is 11.5 Å². The van der Waals surface area contributed by atoms with Crippen molar-refractivity contribution in [2.24, 2.45) is 0 Å². The van der Waals surface area contributed by atoms with Crippen molar-refractivity contribution >= 4 is 27.6 Å². The number of methoxy groups -OCH3 is 2. The van der Waals surface area contributed by atoms with Gasteiger partial charge in [0.15, 0.2) is 18.1 Å². The van der Waals surface area contributed by atoms with Crippen LogP contribution < -0.4 is 19.5 Å². The van der Waals surface area contributed by atoms with Crippen molar-refractivity contribution in [1.29, 1.82) is 0 Å². The van der Waals surface area contributed by atoms with Gasteiger partial charge in [0.2, 0.25) is 10.0 Å². The summed E-state index contributed by atoms with van der Waals surface area (Å²) >= 11 is 0. The summed E-state index contributed by atoms with van der Waals surface area (Å²) in [4.78, 5) is 23.3. The third-order valence-corrected chi connectivity index (χ3v) is 4.89. The minimum Gasteiger partial charge on any atom is -0.493 e. The summed E-state index contributed by atoms with van der Waals surface area (Å²) in [5.74, 6) is -0.842. The summed E-state index contributed by atoms with van der Waals surface area (Å²) in [6.07, 6.45) is 0. The first-order valence-corrected chi connectivity index (χ1v) is 9.56. The van der Waals surface area contributed by atoms with E-state index in [1.54, 1.807) is 30.3 Å². The average Bonchev–Trinajstić information content (AvgIpc) is 2.71. The average molecular weight is 408 g/mol. The summed E-state index contributed by atoms with van der Waals surface area (Å²) in [6.45, 7) is -1.17. The summed E-state index contributed by atoms with van der Waals surface area (Å²) in [7, 11) is -1.19. The van der Waals surface area contributed by atoms with E-state index >= 15 is 0 Å². The lowest BCUT2D eigenvalue weighted by Gasteiger charge is -2.11. The summed E-state index contributed by atoms with van der Waals surface area (Å²) in [5.41, 5.74) is 0.553. The van der Waals surface area contributed by atoms with Gasteiger partial charge in [0.25, 0.3) is 5.91 Å². The minimum absolute atomic E-state index is 0.111. The van der Waals surface area contributed by atoms with Crippen LogP contribution in [0.3, 0.4) is 0 Å². The number of sulfonamides is 1. The molecule has 0 saturated carbocycles. The van der Waals surface area contributed by atoms with Crippen LogP contribution in [0, 0.1) is 0 Å². The van der Waals surface area contributed by atoms with Gasteiger partial charge in [-0.25, -0.2) is 8.42 Å². The number of carbonyl (C=O) groups excluding carboxylic acids is 2. The summed E-state index contributed by atoms with van der Waals surface area (Å²) in [5, 5.41) is 2.54. The molecule has 0 heterocycles. The standard InChI is InChI=1S/C18H20N2O7S/c1-25-15-9-8-14(10-16(15)26-2)28(23,24)19-11-18(22)27-12-17(21)20-13-6-4-3-5-7-13/h3-10,19H,11-12H2,1-2H3,(H,20,21). The molecule has 0 aliphatic heterocycles. The first-order chi connectivity index (χ1) is 13.4. The Morgan fingerprint density at radius 1 is 0.964 bits per heavy atom. The molecule has 28 heavy (non-hydrogen) atoms. The zero-order valence-electron chi connectivity index (χ0n) is 15.3. The Morgan fingerprint density at radius 2 is 1.64 bits per heavy atom. The van der Waals surface area contributed by atoms with Crippen LogP contribution in [-0.2, 0) is 24.3 Å². The van der Waals surface area contributed by atoms with Gasteiger partial charge in [-0.15, -0.1) is 0 Å². The second kappa shape index (κ2) is 9.72. The third-order valence-electron chi connectivity index (χ3n) is 3.49. The van der Waals surface area contributed by atoms with Gasteiger partial charge in [0.05, 0.1) is 19.1 Å². The molecule has 2 N–H and O–H groups in total. The Labute approximate surface area is 162 Å². The molecule has 0 fully saturated rings. The van der Waals surface area contributed by atoms with Gasteiger partial charge in [-0.1, -0.05) is 18.2 Å². The normalized spacial score (nSPS) is 10.8. The lowest BCUT2D eigenvalue weighted by atomic mass is 10.3. The number of esters is 1. The van der Waals surface area contributed by atoms with Crippen molar-refractivity contribution < 1.29 is 32.2 Å². The zero-order chi connectivity index (χ0) is 20.6. The van der Waals surface area contributed by atoms with Gasteiger partial charge < -0.3 is 19.5 Å². The van der Waals surface area contributed by atoms with E-state index in [1.807, 2.05) is 0 Å². The van der Waals surface area contributed by atoms with E-state index in [1.165, 1.54) is 32.4 Å². The quantitative estimate of drug-likeness (QED) is 0.598. The molecule has 0 spiro atoms. The van der Waals surface area contributed by atoms with E-state index in [-0.39, 0.29) is 10.6 Å². The van der Waals surface area contributed by atoms with Crippen LogP contribution >= 0.6 is 0 Å². The number of carbonyl (C=O) groups is 2. The van der Waals surface area contributed by atoms with E-state index in [4.69, 9.17) is 14.2 Å². The second-order valence-electron chi connectivity index (χ2n) is 5.42. The van der Waals surface area contributed by atoms with Crippen molar-refractivity contribution in [2.75, 3.05) is 32.7 Å². The number of hydrogen-bond acceptors (Lipinski definition) is 7. The monoisotopic (exact) mass is 408 g/mol. The molecule has 10 heteroatoms. The van der Waals surface area contributed by atoms with Crippen LogP contribution in [0.2, 0.25) is 0 Å². The fourth-order valence-electron chi connectivity index (χ4n) is 2.14. The Morgan fingerprint density at radius 3 is 2.29 bits per heavy atom. The zero-order valence-corrected chi connectivity index (χ0v) is 16.1. The highest BCUT2D eigenvalue weighted by Crippen LogP contribution is 2.29. The molecule has 1 amide bonds. The van der Waals surface area contributed by atoms with Crippen molar-refractivity contribution in [2.45, 2.75) is 4.90 Å². The molecule has 0 saturated heterocycles.